The average Bonchev–Trinajstić information content (AvgIpc) is 2.62. The average molecular weight is 393 g/mol. The monoisotopic (exact) mass is 391 g/mol. The molecule has 0 N–H and O–H groups in total. The molecule has 25 heavy (non-hydrogen) atoms. The summed E-state index contributed by atoms with van der Waals surface area (Å²) in [4.78, 5) is 15.8. The van der Waals surface area contributed by atoms with Gasteiger partial charge < -0.3 is 4.42 Å². The van der Waals surface area contributed by atoms with Crippen LogP contribution in [0.4, 0.5) is 0 Å². The zero-order valence-electron chi connectivity index (χ0n) is 12.8. The number of alkyl halides is 3. The largest absolute Gasteiger partial charge is 0.456 e. The molecule has 2 aromatic carbocycles. The maximum atomic E-state index is 11.9. The Morgan fingerprint density at radius 2 is 1.24 bits per heavy atom. The lowest BCUT2D eigenvalue weighted by molar-refractivity contribution is -0.117. The van der Waals surface area contributed by atoms with Crippen LogP contribution < -0.4 is 5.36 Å². The number of hydrogen-bond acceptors (Lipinski definition) is 2. The van der Waals surface area contributed by atoms with E-state index in [4.69, 9.17) is 39.2 Å². The molecule has 0 spiro atoms. The van der Waals surface area contributed by atoms with Crippen LogP contribution in [-0.2, 0) is 4.79 Å². The van der Waals surface area contributed by atoms with Gasteiger partial charge >= 0.3 is 0 Å². The Morgan fingerprint density at radius 3 is 1.64 bits per heavy atom. The van der Waals surface area contributed by atoms with E-state index in [1.807, 2.05) is 60.7 Å². The molecule has 6 heteroatoms. The highest BCUT2D eigenvalue weighted by atomic mass is 35.6. The number of amides is 1. The number of nitrogens with zero attached hydrogens (tertiary/aromatic N) is 1. The third-order valence-corrected chi connectivity index (χ3v) is 3.85. The highest BCUT2D eigenvalue weighted by Crippen LogP contribution is 2.28. The molecule has 0 aliphatic heterocycles. The molecule has 126 valence electrons. The zero-order chi connectivity index (χ0) is 17.9. The molecule has 0 unspecified atom stereocenters. The first-order chi connectivity index (χ1) is 11.9. The van der Waals surface area contributed by atoms with E-state index in [9.17, 15) is 4.79 Å². The summed E-state index contributed by atoms with van der Waals surface area (Å²) in [5.41, 5.74) is 1.69. The molecular formula is C19H12Cl3NO2. The second-order valence-corrected chi connectivity index (χ2v) is 7.47. The lowest BCUT2D eigenvalue weighted by Gasteiger charge is -2.07. The molecule has 3 rings (SSSR count). The van der Waals surface area contributed by atoms with Crippen LogP contribution >= 0.6 is 34.8 Å². The van der Waals surface area contributed by atoms with Gasteiger partial charge in [-0.2, -0.15) is 0 Å². The lowest BCUT2D eigenvalue weighted by Crippen LogP contribution is -2.19. The normalized spacial score (nSPS) is 11.2. The van der Waals surface area contributed by atoms with E-state index in [0.717, 1.165) is 11.1 Å². The summed E-state index contributed by atoms with van der Waals surface area (Å²) in [6, 6.07) is 22.2. The van der Waals surface area contributed by atoms with Gasteiger partial charge in [0.25, 0.3) is 9.70 Å². The summed E-state index contributed by atoms with van der Waals surface area (Å²) in [5.74, 6) is 0.248. The van der Waals surface area contributed by atoms with Gasteiger partial charge in [0, 0.05) is 23.3 Å². The van der Waals surface area contributed by atoms with Crippen LogP contribution in [0.25, 0.3) is 22.6 Å². The molecule has 0 atom stereocenters. The van der Waals surface area contributed by atoms with E-state index in [1.54, 1.807) is 12.1 Å². The van der Waals surface area contributed by atoms with Crippen LogP contribution in [0.3, 0.4) is 0 Å². The second kappa shape index (κ2) is 7.44. The van der Waals surface area contributed by atoms with Gasteiger partial charge in [-0.1, -0.05) is 95.5 Å². The minimum absolute atomic E-state index is 0.347. The van der Waals surface area contributed by atoms with Crippen LogP contribution in [0.1, 0.15) is 0 Å². The molecule has 0 fully saturated rings. The molecule has 0 saturated carbocycles. The second-order valence-electron chi connectivity index (χ2n) is 5.19. The molecule has 1 amide bonds. The first kappa shape index (κ1) is 17.7. The number of carbonyl (C=O) groups is 1. The van der Waals surface area contributed by atoms with Gasteiger partial charge in [-0.05, 0) is 0 Å². The van der Waals surface area contributed by atoms with Crippen molar-refractivity contribution in [3.05, 3.63) is 78.2 Å². The van der Waals surface area contributed by atoms with Gasteiger partial charge in [0.2, 0.25) is 0 Å². The van der Waals surface area contributed by atoms with Crippen molar-refractivity contribution in [1.29, 1.82) is 0 Å². The summed E-state index contributed by atoms with van der Waals surface area (Å²) < 4.78 is 3.88. The van der Waals surface area contributed by atoms with Gasteiger partial charge in [-0.25, -0.2) is 4.99 Å². The van der Waals surface area contributed by atoms with Crippen molar-refractivity contribution in [1.82, 2.24) is 0 Å². The number of halogens is 3. The van der Waals surface area contributed by atoms with Crippen molar-refractivity contribution in [2.45, 2.75) is 3.79 Å². The minimum atomic E-state index is -2.10. The number of carbonyl (C=O) groups excluding carboxylic acids is 1. The van der Waals surface area contributed by atoms with Crippen LogP contribution in [-0.4, -0.2) is 9.70 Å². The highest BCUT2D eigenvalue weighted by Gasteiger charge is 2.30. The van der Waals surface area contributed by atoms with Crippen molar-refractivity contribution in [3.63, 3.8) is 0 Å². The Balaban J connectivity index is 2.19. The zero-order valence-corrected chi connectivity index (χ0v) is 15.1. The summed E-state index contributed by atoms with van der Waals surface area (Å²) in [6.45, 7) is 0. The van der Waals surface area contributed by atoms with Gasteiger partial charge in [0.1, 0.15) is 11.5 Å². The SMILES string of the molecule is O=C(N=c1cc(-c2ccccc2)oc(-c2ccccc2)c1)C(Cl)(Cl)Cl. The van der Waals surface area contributed by atoms with Gasteiger partial charge in [-0.15, -0.1) is 0 Å². The summed E-state index contributed by atoms with van der Waals surface area (Å²) in [6.07, 6.45) is 0. The standard InChI is InChI=1S/C19H12Cl3NO2/c20-19(21,22)18(24)23-15-11-16(13-7-3-1-4-8-13)25-17(12-15)14-9-5-2-6-10-14/h1-12H. The van der Waals surface area contributed by atoms with Gasteiger partial charge in [0.15, 0.2) is 0 Å². The summed E-state index contributed by atoms with van der Waals surface area (Å²) in [7, 11) is 0. The topological polar surface area (TPSA) is 42.6 Å². The third-order valence-electron chi connectivity index (χ3n) is 3.37. The van der Waals surface area contributed by atoms with E-state index in [0.29, 0.717) is 16.9 Å². The first-order valence-corrected chi connectivity index (χ1v) is 8.49. The molecule has 0 radical (unpaired) electrons. The quantitative estimate of drug-likeness (QED) is 0.547. The smallest absolute Gasteiger partial charge is 0.298 e. The Kier molecular flexibility index (Phi) is 5.28. The molecule has 0 saturated heterocycles. The van der Waals surface area contributed by atoms with Crippen molar-refractivity contribution in [2.24, 2.45) is 4.99 Å². The van der Waals surface area contributed by atoms with E-state index >= 15 is 0 Å². The molecular weight excluding hydrogens is 381 g/mol. The van der Waals surface area contributed by atoms with Crippen LogP contribution in [0, 0.1) is 0 Å². The van der Waals surface area contributed by atoms with Crippen molar-refractivity contribution < 1.29 is 9.21 Å². The molecule has 3 nitrogen and oxygen atoms in total. The van der Waals surface area contributed by atoms with E-state index < -0.39 is 9.70 Å². The Bertz CT molecular complexity index is 885. The minimum Gasteiger partial charge on any atom is -0.456 e. The lowest BCUT2D eigenvalue weighted by atomic mass is 10.1. The number of rotatable bonds is 2. The van der Waals surface area contributed by atoms with E-state index in [-0.39, 0.29) is 0 Å². The number of hydrogen-bond donors (Lipinski definition) is 0. The van der Waals surface area contributed by atoms with E-state index in [1.165, 1.54) is 0 Å². The third kappa shape index (κ3) is 4.51. The summed E-state index contributed by atoms with van der Waals surface area (Å²) in [5, 5.41) is 0.347. The maximum Gasteiger partial charge on any atom is 0.298 e. The molecule has 1 aromatic heterocycles. The molecule has 3 aromatic rings. The van der Waals surface area contributed by atoms with E-state index in [2.05, 4.69) is 4.99 Å². The fraction of sp³-hybridized carbons (Fsp3) is 0.0526. The van der Waals surface area contributed by atoms with Gasteiger partial charge in [-0.3, -0.25) is 4.79 Å². The Morgan fingerprint density at radius 1 is 0.800 bits per heavy atom. The predicted octanol–water partition coefficient (Wildman–Crippen LogP) is 5.41. The predicted molar refractivity (Wildman–Crippen MR) is 100 cm³/mol. The maximum absolute atomic E-state index is 11.9. The summed E-state index contributed by atoms with van der Waals surface area (Å²) >= 11 is 16.8. The Labute approximate surface area is 159 Å². The van der Waals surface area contributed by atoms with Crippen LogP contribution in [0.15, 0.2) is 82.2 Å². The van der Waals surface area contributed by atoms with Crippen molar-refractivity contribution in [3.8, 4) is 22.6 Å². The molecule has 1 heterocycles. The molecule has 0 aliphatic carbocycles. The van der Waals surface area contributed by atoms with Crippen LogP contribution in [0.5, 0.6) is 0 Å². The van der Waals surface area contributed by atoms with Gasteiger partial charge in [0.05, 0.1) is 5.36 Å². The van der Waals surface area contributed by atoms with Crippen molar-refractivity contribution in [2.75, 3.05) is 0 Å². The van der Waals surface area contributed by atoms with Crippen LogP contribution in [0.2, 0.25) is 0 Å². The molecule has 0 aliphatic rings. The highest BCUT2D eigenvalue weighted by molar-refractivity contribution is 6.76. The Hall–Kier alpha value is -2.07. The fourth-order valence-electron chi connectivity index (χ4n) is 2.22. The number of benzene rings is 2. The fourth-order valence-corrected chi connectivity index (χ4v) is 2.35. The molecule has 0 bridgehead atoms. The van der Waals surface area contributed by atoms with Crippen molar-refractivity contribution >= 4 is 40.7 Å². The first-order valence-electron chi connectivity index (χ1n) is 7.35.